The maximum Gasteiger partial charge on any atom is 0.255 e. The number of piperidine rings is 1. The first kappa shape index (κ1) is 23.0. The van der Waals surface area contributed by atoms with Gasteiger partial charge in [-0.15, -0.1) is 0 Å². The maximum absolute atomic E-state index is 13.0. The summed E-state index contributed by atoms with van der Waals surface area (Å²) in [4.78, 5) is 31.1. The number of halogens is 1. The zero-order valence-corrected chi connectivity index (χ0v) is 19.1. The minimum atomic E-state index is -3.66. The molecule has 2 heterocycles. The topological polar surface area (TPSA) is 81.2 Å². The van der Waals surface area contributed by atoms with E-state index in [9.17, 15) is 18.0 Å². The van der Waals surface area contributed by atoms with E-state index in [0.717, 1.165) is 30.2 Å². The van der Waals surface area contributed by atoms with E-state index in [1.165, 1.54) is 38.7 Å². The first-order valence-electron chi connectivity index (χ1n) is 10.2. The summed E-state index contributed by atoms with van der Waals surface area (Å²) in [6.07, 6.45) is 3.32. The van der Waals surface area contributed by atoms with Crippen molar-refractivity contribution >= 4 is 33.4 Å². The number of hydrogen-bond acceptors (Lipinski definition) is 5. The van der Waals surface area contributed by atoms with Crippen LogP contribution in [-0.4, -0.2) is 99.1 Å². The van der Waals surface area contributed by atoms with Gasteiger partial charge in [-0.1, -0.05) is 11.6 Å². The number of carbonyl (C=O) groups is 2. The van der Waals surface area contributed by atoms with Crippen molar-refractivity contribution in [1.29, 1.82) is 0 Å². The van der Waals surface area contributed by atoms with Crippen LogP contribution in [0.2, 0.25) is 5.02 Å². The molecule has 2 saturated heterocycles. The van der Waals surface area contributed by atoms with Gasteiger partial charge in [-0.05, 0) is 37.5 Å². The normalized spacial score (nSPS) is 18.7. The van der Waals surface area contributed by atoms with Crippen molar-refractivity contribution in [1.82, 2.24) is 19.0 Å². The Morgan fingerprint density at radius 1 is 0.967 bits per heavy atom. The summed E-state index contributed by atoms with van der Waals surface area (Å²) in [7, 11) is -0.779. The predicted octanol–water partition coefficient (Wildman–Crippen LogP) is 1.36. The molecule has 30 heavy (non-hydrogen) atoms. The predicted molar refractivity (Wildman–Crippen MR) is 115 cm³/mol. The smallest absolute Gasteiger partial charge is 0.255 e. The summed E-state index contributed by atoms with van der Waals surface area (Å²) >= 11 is 6.21. The third-order valence-corrected chi connectivity index (χ3v) is 7.81. The van der Waals surface area contributed by atoms with Crippen LogP contribution in [0.3, 0.4) is 0 Å². The monoisotopic (exact) mass is 456 g/mol. The summed E-state index contributed by atoms with van der Waals surface area (Å²) in [5.74, 6) is -0.142. The standard InChI is InChI=1S/C20H29ClN4O4S/c1-22(2)30(28,29)16-6-7-18(21)17(14-16)20(27)25-12-10-23(11-13-25)15-19(26)24-8-4-3-5-9-24/h6-7,14H,3-5,8-13,15H2,1-2H3. The number of hydrogen-bond donors (Lipinski definition) is 0. The van der Waals surface area contributed by atoms with Gasteiger partial charge < -0.3 is 9.80 Å². The molecule has 0 spiro atoms. The van der Waals surface area contributed by atoms with Crippen molar-refractivity contribution in [2.24, 2.45) is 0 Å². The number of rotatable bonds is 5. The summed E-state index contributed by atoms with van der Waals surface area (Å²) in [6, 6.07) is 4.18. The van der Waals surface area contributed by atoms with Crippen molar-refractivity contribution in [3.8, 4) is 0 Å². The van der Waals surface area contributed by atoms with Gasteiger partial charge in [0.2, 0.25) is 15.9 Å². The van der Waals surface area contributed by atoms with Crippen LogP contribution in [0.4, 0.5) is 0 Å². The van der Waals surface area contributed by atoms with E-state index in [-0.39, 0.29) is 27.3 Å². The Kier molecular flexibility index (Phi) is 7.38. The number of sulfonamides is 1. The van der Waals surface area contributed by atoms with Crippen LogP contribution in [0.1, 0.15) is 29.6 Å². The molecule has 0 saturated carbocycles. The third kappa shape index (κ3) is 5.14. The molecule has 0 N–H and O–H groups in total. The second kappa shape index (κ2) is 9.64. The molecule has 1 aromatic rings. The molecule has 1 aromatic carbocycles. The van der Waals surface area contributed by atoms with Crippen molar-refractivity contribution in [2.75, 3.05) is 59.9 Å². The maximum atomic E-state index is 13.0. The Hall–Kier alpha value is -1.68. The first-order chi connectivity index (χ1) is 14.2. The van der Waals surface area contributed by atoms with Gasteiger partial charge in [-0.25, -0.2) is 12.7 Å². The molecular formula is C20H29ClN4O4S. The lowest BCUT2D eigenvalue weighted by Gasteiger charge is -2.36. The van der Waals surface area contributed by atoms with Crippen LogP contribution >= 0.6 is 11.6 Å². The Morgan fingerprint density at radius 2 is 1.60 bits per heavy atom. The Balaban J connectivity index is 1.62. The molecule has 0 radical (unpaired) electrons. The summed E-state index contributed by atoms with van der Waals surface area (Å²) < 4.78 is 25.9. The lowest BCUT2D eigenvalue weighted by molar-refractivity contribution is -0.133. The largest absolute Gasteiger partial charge is 0.342 e. The fourth-order valence-electron chi connectivity index (χ4n) is 3.75. The van der Waals surface area contributed by atoms with E-state index >= 15 is 0 Å². The van der Waals surface area contributed by atoms with Gasteiger partial charge in [0.25, 0.3) is 5.91 Å². The SMILES string of the molecule is CN(C)S(=O)(=O)c1ccc(Cl)c(C(=O)N2CCN(CC(=O)N3CCCCC3)CC2)c1. The molecular weight excluding hydrogens is 428 g/mol. The number of nitrogens with zero attached hydrogens (tertiary/aromatic N) is 4. The van der Waals surface area contributed by atoms with Gasteiger partial charge in [0.05, 0.1) is 22.0 Å². The van der Waals surface area contributed by atoms with Crippen LogP contribution in [0.25, 0.3) is 0 Å². The number of likely N-dealkylation sites (tertiary alicyclic amines) is 1. The summed E-state index contributed by atoms with van der Waals surface area (Å²) in [5.41, 5.74) is 0.178. The van der Waals surface area contributed by atoms with E-state index in [1.54, 1.807) is 4.90 Å². The highest BCUT2D eigenvalue weighted by Gasteiger charge is 2.27. The zero-order valence-electron chi connectivity index (χ0n) is 17.5. The van der Waals surface area contributed by atoms with Crippen LogP contribution in [0.15, 0.2) is 23.1 Å². The van der Waals surface area contributed by atoms with E-state index in [4.69, 9.17) is 11.6 Å². The van der Waals surface area contributed by atoms with E-state index in [1.807, 2.05) is 4.90 Å². The summed E-state index contributed by atoms with van der Waals surface area (Å²) in [6.45, 7) is 4.17. The van der Waals surface area contributed by atoms with Gasteiger partial charge in [0.1, 0.15) is 0 Å². The molecule has 3 rings (SSSR count). The molecule has 2 aliphatic heterocycles. The average molecular weight is 457 g/mol. The molecule has 10 heteroatoms. The van der Waals surface area contributed by atoms with E-state index in [2.05, 4.69) is 4.90 Å². The summed E-state index contributed by atoms with van der Waals surface area (Å²) in [5, 5.41) is 0.223. The second-order valence-electron chi connectivity index (χ2n) is 7.94. The number of carbonyl (C=O) groups excluding carboxylic acids is 2. The lowest BCUT2D eigenvalue weighted by Crippen LogP contribution is -2.52. The minimum absolute atomic E-state index is 0.0333. The fourth-order valence-corrected chi connectivity index (χ4v) is 4.88. The second-order valence-corrected chi connectivity index (χ2v) is 10.5. The zero-order chi connectivity index (χ0) is 21.9. The third-order valence-electron chi connectivity index (χ3n) is 5.67. The highest BCUT2D eigenvalue weighted by molar-refractivity contribution is 7.89. The molecule has 0 bridgehead atoms. The molecule has 2 amide bonds. The van der Waals surface area contributed by atoms with Gasteiger partial charge in [0, 0.05) is 53.4 Å². The molecule has 0 aliphatic carbocycles. The molecule has 0 unspecified atom stereocenters. The number of amides is 2. The van der Waals surface area contributed by atoms with E-state index in [0.29, 0.717) is 32.7 Å². The van der Waals surface area contributed by atoms with Crippen molar-refractivity contribution in [3.05, 3.63) is 28.8 Å². The molecule has 166 valence electrons. The Labute approximate surface area is 183 Å². The number of piperazine rings is 1. The van der Waals surface area contributed by atoms with Crippen LogP contribution < -0.4 is 0 Å². The molecule has 2 aliphatic rings. The first-order valence-corrected chi connectivity index (χ1v) is 12.0. The van der Waals surface area contributed by atoms with Crippen molar-refractivity contribution < 1.29 is 18.0 Å². The van der Waals surface area contributed by atoms with Gasteiger partial charge >= 0.3 is 0 Å². The molecule has 0 atom stereocenters. The average Bonchev–Trinajstić information content (AvgIpc) is 2.74. The van der Waals surface area contributed by atoms with Gasteiger partial charge in [0.15, 0.2) is 0 Å². The fraction of sp³-hybridized carbons (Fsp3) is 0.600. The molecule has 0 aromatic heterocycles. The van der Waals surface area contributed by atoms with Crippen LogP contribution in [0, 0.1) is 0 Å². The molecule has 8 nitrogen and oxygen atoms in total. The minimum Gasteiger partial charge on any atom is -0.342 e. The molecule has 2 fully saturated rings. The Bertz CT molecular complexity index is 892. The Morgan fingerprint density at radius 3 is 2.20 bits per heavy atom. The van der Waals surface area contributed by atoms with Gasteiger partial charge in [-0.3, -0.25) is 14.5 Å². The van der Waals surface area contributed by atoms with Gasteiger partial charge in [-0.2, -0.15) is 0 Å². The van der Waals surface area contributed by atoms with Crippen molar-refractivity contribution in [2.45, 2.75) is 24.2 Å². The van der Waals surface area contributed by atoms with Crippen LogP contribution in [-0.2, 0) is 14.8 Å². The van der Waals surface area contributed by atoms with E-state index < -0.39 is 10.0 Å². The number of benzene rings is 1. The highest BCUT2D eigenvalue weighted by atomic mass is 35.5. The lowest BCUT2D eigenvalue weighted by atomic mass is 10.1. The quantitative estimate of drug-likeness (QED) is 0.668. The van der Waals surface area contributed by atoms with Crippen LogP contribution in [0.5, 0.6) is 0 Å². The van der Waals surface area contributed by atoms with Crippen molar-refractivity contribution in [3.63, 3.8) is 0 Å². The highest BCUT2D eigenvalue weighted by Crippen LogP contribution is 2.24.